The second-order valence-corrected chi connectivity index (χ2v) is 18.5. The first-order valence-corrected chi connectivity index (χ1v) is 16.3. The van der Waals surface area contributed by atoms with E-state index in [1.165, 1.54) is 54.5 Å². The third-order valence-electron chi connectivity index (χ3n) is 9.25. The fourth-order valence-corrected chi connectivity index (χ4v) is 13.0. The van der Waals surface area contributed by atoms with Crippen molar-refractivity contribution in [1.29, 1.82) is 0 Å². The Hall–Kier alpha value is -2.71. The summed E-state index contributed by atoms with van der Waals surface area (Å²) in [6.45, 7) is 27.6. The molecule has 1 aliphatic carbocycles. The average molecular weight is 539 g/mol. The van der Waals surface area contributed by atoms with Crippen molar-refractivity contribution in [3.05, 3.63) is 112 Å². The summed E-state index contributed by atoms with van der Waals surface area (Å²) in [5.74, 6) is -0.187. The second-order valence-electron chi connectivity index (χ2n) is 14.2. The molecule has 0 nitrogen and oxygen atoms in total. The maximum Gasteiger partial charge on any atom is 0.161 e. The van der Waals surface area contributed by atoms with Gasteiger partial charge in [0.05, 0.1) is 0 Å². The van der Waals surface area contributed by atoms with Crippen LogP contribution < -0.4 is 15.6 Å². The van der Waals surface area contributed by atoms with Gasteiger partial charge in [0.25, 0.3) is 0 Å². The zero-order valence-electron chi connectivity index (χ0n) is 26.2. The molecule has 2 unspecified atom stereocenters. The summed E-state index contributed by atoms with van der Waals surface area (Å²) in [5.41, 5.74) is 9.39. The molecule has 0 saturated carbocycles. The van der Waals surface area contributed by atoms with Crippen LogP contribution in [-0.4, -0.2) is 8.07 Å². The van der Waals surface area contributed by atoms with Crippen molar-refractivity contribution in [2.45, 2.75) is 99.0 Å². The number of halogens is 1. The van der Waals surface area contributed by atoms with E-state index in [0.717, 1.165) is 0 Å². The molecule has 39 heavy (non-hydrogen) atoms. The minimum Gasteiger partial charge on any atom is -0.207 e. The van der Waals surface area contributed by atoms with Crippen LogP contribution in [0.4, 0.5) is 4.39 Å². The van der Waals surface area contributed by atoms with Crippen LogP contribution in [-0.2, 0) is 10.8 Å². The standard InChI is InChI=1S/C37H47FSi/c1-24-17-25(2)19-33(18-24)39(32-15-13-31(38)14-16-32,37(12)23-26(3)27(4)28(37)5)34-21-29(35(6,7)8)20-30(22-34)36(9,10)11/h13-23H,1-12H3. The molecular weight excluding hydrogens is 491 g/mol. The number of benzene rings is 3. The molecule has 0 heterocycles. The van der Waals surface area contributed by atoms with Gasteiger partial charge in [0.2, 0.25) is 0 Å². The molecule has 2 atom stereocenters. The lowest BCUT2D eigenvalue weighted by molar-refractivity contribution is 0.569. The van der Waals surface area contributed by atoms with Crippen LogP contribution >= 0.6 is 0 Å². The predicted molar refractivity (Wildman–Crippen MR) is 171 cm³/mol. The highest BCUT2D eigenvalue weighted by molar-refractivity contribution is 7.14. The predicted octanol–water partition coefficient (Wildman–Crippen LogP) is 8.56. The lowest BCUT2D eigenvalue weighted by Crippen LogP contribution is -2.73. The van der Waals surface area contributed by atoms with Crippen molar-refractivity contribution >= 4 is 23.6 Å². The van der Waals surface area contributed by atoms with Gasteiger partial charge in [-0.25, -0.2) is 4.39 Å². The zero-order valence-corrected chi connectivity index (χ0v) is 27.2. The first-order chi connectivity index (χ1) is 17.9. The van der Waals surface area contributed by atoms with Crippen molar-refractivity contribution in [2.24, 2.45) is 0 Å². The van der Waals surface area contributed by atoms with Crippen molar-refractivity contribution < 1.29 is 4.39 Å². The van der Waals surface area contributed by atoms with E-state index < -0.39 is 8.07 Å². The summed E-state index contributed by atoms with van der Waals surface area (Å²) < 4.78 is 14.5. The summed E-state index contributed by atoms with van der Waals surface area (Å²) in [4.78, 5) is 0. The Balaban J connectivity index is 2.32. The van der Waals surface area contributed by atoms with Gasteiger partial charge in [0.15, 0.2) is 8.07 Å². The van der Waals surface area contributed by atoms with Crippen molar-refractivity contribution in [3.63, 3.8) is 0 Å². The molecule has 0 aliphatic heterocycles. The van der Waals surface area contributed by atoms with Crippen LogP contribution in [0.25, 0.3) is 0 Å². The molecule has 0 aromatic heterocycles. The van der Waals surface area contributed by atoms with Crippen LogP contribution in [0.5, 0.6) is 0 Å². The van der Waals surface area contributed by atoms with E-state index in [9.17, 15) is 4.39 Å². The molecule has 0 bridgehead atoms. The average Bonchev–Trinajstić information content (AvgIpc) is 3.02. The topological polar surface area (TPSA) is 0 Å². The van der Waals surface area contributed by atoms with Crippen molar-refractivity contribution in [2.75, 3.05) is 0 Å². The molecule has 0 amide bonds. The highest BCUT2D eigenvalue weighted by atomic mass is 28.3. The van der Waals surface area contributed by atoms with Crippen LogP contribution in [0.3, 0.4) is 0 Å². The van der Waals surface area contributed by atoms with Gasteiger partial charge in [0, 0.05) is 5.04 Å². The van der Waals surface area contributed by atoms with Gasteiger partial charge in [-0.2, -0.15) is 0 Å². The van der Waals surface area contributed by atoms with E-state index in [4.69, 9.17) is 0 Å². The molecule has 0 fully saturated rings. The van der Waals surface area contributed by atoms with Gasteiger partial charge in [-0.05, 0) is 89.8 Å². The van der Waals surface area contributed by atoms with E-state index in [2.05, 4.69) is 138 Å². The SMILES string of the molecule is CC1=CC(C)([Si](c2ccc(F)cc2)(c2cc(C)cc(C)c2)c2cc(C(C)(C)C)cc(C(C)(C)C)c2)C(C)=C1C. The van der Waals surface area contributed by atoms with E-state index in [1.54, 1.807) is 12.1 Å². The Morgan fingerprint density at radius 3 is 1.49 bits per heavy atom. The van der Waals surface area contributed by atoms with Crippen LogP contribution in [0.1, 0.15) is 91.5 Å². The number of hydrogen-bond acceptors (Lipinski definition) is 0. The molecule has 3 aromatic carbocycles. The van der Waals surface area contributed by atoms with Gasteiger partial charge >= 0.3 is 0 Å². The Morgan fingerprint density at radius 2 is 1.08 bits per heavy atom. The number of hydrogen-bond donors (Lipinski definition) is 0. The Bertz CT molecular complexity index is 1420. The minimum atomic E-state index is -2.87. The van der Waals surface area contributed by atoms with Gasteiger partial charge < -0.3 is 0 Å². The summed E-state index contributed by atoms with van der Waals surface area (Å²) in [7, 11) is -2.87. The number of allylic oxidation sites excluding steroid dienone is 4. The Kier molecular flexibility index (Phi) is 7.31. The first kappa shape index (κ1) is 29.3. The third kappa shape index (κ3) is 4.90. The van der Waals surface area contributed by atoms with Crippen molar-refractivity contribution in [1.82, 2.24) is 0 Å². The molecule has 3 aromatic rings. The molecule has 0 saturated heterocycles. The smallest absolute Gasteiger partial charge is 0.161 e. The molecular formula is C37H47FSi. The van der Waals surface area contributed by atoms with Gasteiger partial charge in [-0.15, -0.1) is 0 Å². The third-order valence-corrected chi connectivity index (χ3v) is 14.8. The molecule has 1 aliphatic rings. The van der Waals surface area contributed by atoms with Gasteiger partial charge in [-0.3, -0.25) is 0 Å². The van der Waals surface area contributed by atoms with Gasteiger partial charge in [-0.1, -0.05) is 125 Å². The highest BCUT2D eigenvalue weighted by Gasteiger charge is 2.56. The fourth-order valence-electron chi connectivity index (χ4n) is 6.72. The minimum absolute atomic E-state index is 0.00932. The maximum atomic E-state index is 14.5. The molecule has 0 spiro atoms. The highest BCUT2D eigenvalue weighted by Crippen LogP contribution is 2.53. The normalized spacial score (nSPS) is 19.8. The van der Waals surface area contributed by atoms with Crippen LogP contribution in [0, 0.1) is 19.7 Å². The second kappa shape index (κ2) is 9.73. The lowest BCUT2D eigenvalue weighted by Gasteiger charge is -2.48. The lowest BCUT2D eigenvalue weighted by atomic mass is 9.81. The number of aryl methyl sites for hydroxylation is 2. The van der Waals surface area contributed by atoms with Crippen molar-refractivity contribution in [3.8, 4) is 0 Å². The van der Waals surface area contributed by atoms with E-state index in [1.807, 2.05) is 0 Å². The van der Waals surface area contributed by atoms with Gasteiger partial charge in [0.1, 0.15) is 5.82 Å². The summed E-state index contributed by atoms with van der Waals surface area (Å²) in [6, 6.07) is 22.0. The molecule has 206 valence electrons. The molecule has 2 heteroatoms. The van der Waals surface area contributed by atoms with Crippen LogP contribution in [0.15, 0.2) is 83.5 Å². The van der Waals surface area contributed by atoms with Crippen LogP contribution in [0.2, 0.25) is 5.04 Å². The summed E-state index contributed by atoms with van der Waals surface area (Å²) in [6.07, 6.45) is 2.53. The molecule has 0 radical (unpaired) electrons. The largest absolute Gasteiger partial charge is 0.207 e. The summed E-state index contributed by atoms with van der Waals surface area (Å²) in [5, 5.41) is 3.81. The quantitative estimate of drug-likeness (QED) is 0.231. The Morgan fingerprint density at radius 1 is 0.615 bits per heavy atom. The molecule has 0 N–H and O–H groups in total. The first-order valence-electron chi connectivity index (χ1n) is 14.3. The zero-order chi connectivity index (χ0) is 29.1. The molecule has 4 rings (SSSR count). The van der Waals surface area contributed by atoms with E-state index in [0.29, 0.717) is 0 Å². The number of rotatable bonds is 4. The maximum absolute atomic E-state index is 14.5. The van der Waals surface area contributed by atoms with E-state index >= 15 is 0 Å². The van der Waals surface area contributed by atoms with E-state index in [-0.39, 0.29) is 21.7 Å². The monoisotopic (exact) mass is 538 g/mol. The fraction of sp³-hybridized carbons (Fsp3) is 0.405. The summed E-state index contributed by atoms with van der Waals surface area (Å²) >= 11 is 0. The Labute approximate surface area is 238 Å².